The number of phenolic OH excluding ortho intramolecular Hbond substituents is 1. The zero-order valence-corrected chi connectivity index (χ0v) is 13.9. The Hall–Kier alpha value is -1.90. The molecule has 0 unspecified atom stereocenters. The van der Waals surface area contributed by atoms with E-state index in [1.165, 1.54) is 6.33 Å². The first kappa shape index (κ1) is 15.5. The summed E-state index contributed by atoms with van der Waals surface area (Å²) in [7, 11) is 1.93. The topological polar surface area (TPSA) is 77.7 Å². The van der Waals surface area contributed by atoms with E-state index in [-0.39, 0.29) is 24.0 Å². The number of fused-ring (bicyclic) bond motifs is 1. The molecular formula is C14H16IN5O. The lowest BCUT2D eigenvalue weighted by molar-refractivity contribution is -0.644. The van der Waals surface area contributed by atoms with Crippen LogP contribution in [0.3, 0.4) is 0 Å². The summed E-state index contributed by atoms with van der Waals surface area (Å²) in [5.41, 5.74) is 3.39. The van der Waals surface area contributed by atoms with Crippen LogP contribution < -0.4 is 33.9 Å². The van der Waals surface area contributed by atoms with Gasteiger partial charge >= 0.3 is 0 Å². The highest BCUT2D eigenvalue weighted by Gasteiger charge is 2.14. The van der Waals surface area contributed by atoms with Gasteiger partial charge in [-0.05, 0) is 12.5 Å². The van der Waals surface area contributed by atoms with Crippen molar-refractivity contribution in [1.82, 2.24) is 15.0 Å². The van der Waals surface area contributed by atoms with Crippen molar-refractivity contribution >= 4 is 17.0 Å². The van der Waals surface area contributed by atoms with Crippen molar-refractivity contribution < 1.29 is 33.7 Å². The van der Waals surface area contributed by atoms with Crippen LogP contribution in [-0.2, 0) is 13.6 Å². The van der Waals surface area contributed by atoms with Crippen molar-refractivity contribution in [2.45, 2.75) is 13.5 Å². The lowest BCUT2D eigenvalue weighted by Crippen LogP contribution is -3.00. The van der Waals surface area contributed by atoms with E-state index in [2.05, 4.69) is 20.3 Å². The Kier molecular flexibility index (Phi) is 4.61. The fourth-order valence-corrected chi connectivity index (χ4v) is 2.21. The summed E-state index contributed by atoms with van der Waals surface area (Å²) in [5.74, 6) is 1.06. The third-order valence-corrected chi connectivity index (χ3v) is 3.34. The maximum atomic E-state index is 10.0. The Bertz CT molecular complexity index is 771. The van der Waals surface area contributed by atoms with Gasteiger partial charge in [0.25, 0.3) is 5.65 Å². The van der Waals surface area contributed by atoms with E-state index < -0.39 is 0 Å². The van der Waals surface area contributed by atoms with Crippen LogP contribution in [0.4, 0.5) is 5.82 Å². The normalized spacial score (nSPS) is 10.4. The van der Waals surface area contributed by atoms with Gasteiger partial charge in [-0.25, -0.2) is 14.5 Å². The Labute approximate surface area is 139 Å². The molecule has 0 radical (unpaired) electrons. The van der Waals surface area contributed by atoms with Crippen LogP contribution in [0, 0.1) is 6.92 Å². The number of H-pyrrole nitrogens is 1. The van der Waals surface area contributed by atoms with Crippen LogP contribution >= 0.6 is 0 Å². The minimum atomic E-state index is 0. The van der Waals surface area contributed by atoms with Crippen LogP contribution in [0.25, 0.3) is 11.2 Å². The minimum Gasteiger partial charge on any atom is -1.00 e. The first-order valence-corrected chi connectivity index (χ1v) is 6.36. The minimum absolute atomic E-state index is 0. The van der Waals surface area contributed by atoms with E-state index in [0.29, 0.717) is 12.3 Å². The molecule has 21 heavy (non-hydrogen) atoms. The Balaban J connectivity index is 0.00000161. The first-order chi connectivity index (χ1) is 9.66. The second kappa shape index (κ2) is 6.25. The standard InChI is InChI=1S/C14H15N5O.HI/c1-9-4-3-5-10(12(9)20)6-15-13-11-14(17-7-16-13)18-8-19(11)2;/h3-5,7-8H,6H2,1-2H3,(H2,15,16,17,20);1H. The second-order valence-corrected chi connectivity index (χ2v) is 4.74. The van der Waals surface area contributed by atoms with Gasteiger partial charge in [0.15, 0.2) is 5.82 Å². The molecule has 2 heterocycles. The molecule has 3 rings (SSSR count). The highest BCUT2D eigenvalue weighted by molar-refractivity contribution is 5.78. The highest BCUT2D eigenvalue weighted by Crippen LogP contribution is 2.22. The smallest absolute Gasteiger partial charge is 0.271 e. The number of para-hydroxylation sites is 1. The van der Waals surface area contributed by atoms with Crippen LogP contribution in [0.5, 0.6) is 5.75 Å². The number of benzene rings is 1. The number of imidazole rings is 1. The summed E-state index contributed by atoms with van der Waals surface area (Å²) < 4.78 is 1.92. The molecule has 0 aliphatic carbocycles. The van der Waals surface area contributed by atoms with Crippen molar-refractivity contribution in [3.8, 4) is 5.75 Å². The number of halogens is 1. The number of anilines is 1. The van der Waals surface area contributed by atoms with Crippen molar-refractivity contribution in [1.29, 1.82) is 0 Å². The first-order valence-electron chi connectivity index (χ1n) is 6.36. The quantitative estimate of drug-likeness (QED) is 0.368. The lowest BCUT2D eigenvalue weighted by Gasteiger charge is -2.08. The summed E-state index contributed by atoms with van der Waals surface area (Å²) in [4.78, 5) is 11.5. The predicted octanol–water partition coefficient (Wildman–Crippen LogP) is -1.59. The molecule has 6 nitrogen and oxygen atoms in total. The molecule has 3 aromatic rings. The molecular weight excluding hydrogens is 381 g/mol. The Morgan fingerprint density at radius 1 is 1.33 bits per heavy atom. The van der Waals surface area contributed by atoms with Crippen LogP contribution in [0.15, 0.2) is 30.9 Å². The molecule has 1 aromatic carbocycles. The predicted molar refractivity (Wildman–Crippen MR) is 75.2 cm³/mol. The summed E-state index contributed by atoms with van der Waals surface area (Å²) in [6.45, 7) is 2.39. The summed E-state index contributed by atoms with van der Waals surface area (Å²) in [6, 6.07) is 5.71. The molecule has 0 aliphatic heterocycles. The van der Waals surface area contributed by atoms with Gasteiger partial charge in [-0.15, -0.1) is 0 Å². The lowest BCUT2D eigenvalue weighted by atomic mass is 10.1. The number of rotatable bonds is 3. The van der Waals surface area contributed by atoms with Crippen molar-refractivity contribution in [2.75, 3.05) is 5.32 Å². The molecule has 110 valence electrons. The van der Waals surface area contributed by atoms with Crippen LogP contribution in [0.2, 0.25) is 0 Å². The van der Waals surface area contributed by atoms with Gasteiger partial charge in [-0.3, -0.25) is 0 Å². The van der Waals surface area contributed by atoms with E-state index >= 15 is 0 Å². The van der Waals surface area contributed by atoms with Crippen molar-refractivity contribution in [3.05, 3.63) is 42.0 Å². The Morgan fingerprint density at radius 3 is 2.95 bits per heavy atom. The van der Waals surface area contributed by atoms with Gasteiger partial charge in [0, 0.05) is 12.1 Å². The Morgan fingerprint density at radius 2 is 2.14 bits per heavy atom. The van der Waals surface area contributed by atoms with Gasteiger partial charge in [-0.1, -0.05) is 18.2 Å². The molecule has 0 amide bonds. The zero-order valence-electron chi connectivity index (χ0n) is 11.8. The number of hydrogen-bond donors (Lipinski definition) is 3. The number of aromatic hydroxyl groups is 1. The highest BCUT2D eigenvalue weighted by atomic mass is 127. The molecule has 0 saturated heterocycles. The zero-order chi connectivity index (χ0) is 14.1. The number of aromatic nitrogens is 4. The SMILES string of the molecule is Cc1cccc(CNc2ncnc3[nH]c[n+](C)c23)c1O.[I-]. The number of phenols is 1. The molecule has 0 aliphatic rings. The molecule has 7 heteroatoms. The molecule has 0 saturated carbocycles. The van der Waals surface area contributed by atoms with Crippen molar-refractivity contribution in [3.63, 3.8) is 0 Å². The number of nitrogens with one attached hydrogen (secondary N) is 2. The van der Waals surface area contributed by atoms with E-state index in [0.717, 1.165) is 28.1 Å². The van der Waals surface area contributed by atoms with E-state index in [1.54, 1.807) is 0 Å². The van der Waals surface area contributed by atoms with E-state index in [4.69, 9.17) is 0 Å². The number of aryl methyl sites for hydroxylation is 2. The maximum absolute atomic E-state index is 10.0. The summed E-state index contributed by atoms with van der Waals surface area (Å²) in [6.07, 6.45) is 3.34. The average molecular weight is 397 g/mol. The van der Waals surface area contributed by atoms with Crippen LogP contribution in [-0.4, -0.2) is 20.1 Å². The van der Waals surface area contributed by atoms with Gasteiger partial charge < -0.3 is 34.4 Å². The van der Waals surface area contributed by atoms with Crippen LogP contribution in [0.1, 0.15) is 11.1 Å². The molecule has 0 bridgehead atoms. The summed E-state index contributed by atoms with van der Waals surface area (Å²) >= 11 is 0. The largest absolute Gasteiger partial charge is 1.00 e. The molecule has 0 spiro atoms. The van der Waals surface area contributed by atoms with E-state index in [1.807, 2.05) is 43.1 Å². The average Bonchev–Trinajstić information content (AvgIpc) is 2.83. The van der Waals surface area contributed by atoms with E-state index in [9.17, 15) is 5.11 Å². The fourth-order valence-electron chi connectivity index (χ4n) is 2.21. The molecule has 0 fully saturated rings. The third kappa shape index (κ3) is 2.92. The maximum Gasteiger partial charge on any atom is 0.271 e. The molecule has 3 N–H and O–H groups in total. The van der Waals surface area contributed by atoms with Gasteiger partial charge in [-0.2, -0.15) is 4.98 Å². The van der Waals surface area contributed by atoms with Gasteiger partial charge in [0.2, 0.25) is 11.8 Å². The van der Waals surface area contributed by atoms with Crippen molar-refractivity contribution in [2.24, 2.45) is 7.05 Å². The van der Waals surface area contributed by atoms with Gasteiger partial charge in [0.05, 0.1) is 7.05 Å². The number of aromatic amines is 1. The molecule has 2 aromatic heterocycles. The molecule has 0 atom stereocenters. The third-order valence-electron chi connectivity index (χ3n) is 3.34. The van der Waals surface area contributed by atoms with Gasteiger partial charge in [0.1, 0.15) is 12.1 Å². The fraction of sp³-hybridized carbons (Fsp3) is 0.214. The number of hydrogen-bond acceptors (Lipinski definition) is 4. The number of nitrogens with zero attached hydrogens (tertiary/aromatic N) is 3. The summed E-state index contributed by atoms with van der Waals surface area (Å²) in [5, 5.41) is 13.3. The monoisotopic (exact) mass is 397 g/mol. The second-order valence-electron chi connectivity index (χ2n) is 4.74.